The molecule has 0 aliphatic heterocycles. The van der Waals surface area contributed by atoms with Crippen LogP contribution in [-0.4, -0.2) is 17.4 Å². The lowest BCUT2D eigenvalue weighted by Crippen LogP contribution is -2.32. The van der Waals surface area contributed by atoms with E-state index in [1.807, 2.05) is 37.3 Å². The number of amides is 1. The first-order chi connectivity index (χ1) is 10.6. The predicted molar refractivity (Wildman–Crippen MR) is 87.3 cm³/mol. The molecule has 0 radical (unpaired) electrons. The van der Waals surface area contributed by atoms with Crippen LogP contribution in [0.5, 0.6) is 0 Å². The number of benzene rings is 2. The molecule has 0 atom stereocenters. The molecule has 2 rings (SSSR count). The number of hydrogen-bond acceptors (Lipinski definition) is 1. The molecule has 0 aromatic heterocycles. The molecule has 2 nitrogen and oxygen atoms in total. The van der Waals surface area contributed by atoms with Gasteiger partial charge in [0.1, 0.15) is 5.82 Å². The van der Waals surface area contributed by atoms with Gasteiger partial charge < -0.3 is 4.90 Å². The van der Waals surface area contributed by atoms with E-state index in [1.165, 1.54) is 6.07 Å². The molecule has 0 aliphatic carbocycles. The smallest absolute Gasteiger partial charge is 0.227 e. The molecule has 0 bridgehead atoms. The Hall–Kier alpha value is -1.87. The number of rotatable bonds is 6. The molecular formula is C18H19ClFNO. The van der Waals surface area contributed by atoms with Crippen molar-refractivity contribution < 1.29 is 9.18 Å². The van der Waals surface area contributed by atoms with Gasteiger partial charge in [-0.15, -0.1) is 0 Å². The van der Waals surface area contributed by atoms with E-state index in [1.54, 1.807) is 17.0 Å². The summed E-state index contributed by atoms with van der Waals surface area (Å²) in [6, 6.07) is 14.3. The van der Waals surface area contributed by atoms with Crippen LogP contribution in [0, 0.1) is 5.82 Å². The van der Waals surface area contributed by atoms with Crippen LogP contribution in [0.15, 0.2) is 48.5 Å². The zero-order valence-corrected chi connectivity index (χ0v) is 13.3. The predicted octanol–water partition coefficient (Wildman–Crippen LogP) is 4.46. The lowest BCUT2D eigenvalue weighted by Gasteiger charge is -2.22. The van der Waals surface area contributed by atoms with Gasteiger partial charge in [0.05, 0.1) is 6.42 Å². The highest BCUT2D eigenvalue weighted by Gasteiger charge is 2.17. The van der Waals surface area contributed by atoms with Crippen molar-refractivity contribution in [3.8, 4) is 0 Å². The summed E-state index contributed by atoms with van der Waals surface area (Å²) in [6.45, 7) is 3.18. The SMILES string of the molecule is CCCN(Cc1ccccc1)C(=O)Cc1c(F)cccc1Cl. The third kappa shape index (κ3) is 4.31. The van der Waals surface area contributed by atoms with Gasteiger partial charge >= 0.3 is 0 Å². The first kappa shape index (κ1) is 16.5. The molecule has 0 N–H and O–H groups in total. The monoisotopic (exact) mass is 319 g/mol. The Morgan fingerprint density at radius 3 is 2.50 bits per heavy atom. The second-order valence-electron chi connectivity index (χ2n) is 5.18. The fraction of sp³-hybridized carbons (Fsp3) is 0.278. The summed E-state index contributed by atoms with van der Waals surface area (Å²) in [7, 11) is 0. The first-order valence-corrected chi connectivity index (χ1v) is 7.74. The largest absolute Gasteiger partial charge is 0.338 e. The maximum absolute atomic E-state index is 13.8. The van der Waals surface area contributed by atoms with Gasteiger partial charge in [-0.3, -0.25) is 4.79 Å². The Morgan fingerprint density at radius 2 is 1.86 bits per heavy atom. The molecule has 0 spiro atoms. The molecule has 0 aliphatic rings. The molecular weight excluding hydrogens is 301 g/mol. The van der Waals surface area contributed by atoms with Crippen molar-refractivity contribution in [2.45, 2.75) is 26.3 Å². The number of halogens is 2. The van der Waals surface area contributed by atoms with Crippen molar-refractivity contribution in [1.29, 1.82) is 0 Å². The van der Waals surface area contributed by atoms with Crippen molar-refractivity contribution in [3.63, 3.8) is 0 Å². The second kappa shape index (κ2) is 7.95. The van der Waals surface area contributed by atoms with E-state index in [2.05, 4.69) is 0 Å². The number of hydrogen-bond donors (Lipinski definition) is 0. The highest BCUT2D eigenvalue weighted by molar-refractivity contribution is 6.31. The highest BCUT2D eigenvalue weighted by Crippen LogP contribution is 2.20. The van der Waals surface area contributed by atoms with Gasteiger partial charge in [-0.25, -0.2) is 4.39 Å². The van der Waals surface area contributed by atoms with Crippen LogP contribution in [0.4, 0.5) is 4.39 Å². The van der Waals surface area contributed by atoms with Gasteiger partial charge in [0.25, 0.3) is 0 Å². The van der Waals surface area contributed by atoms with Crippen molar-refractivity contribution in [1.82, 2.24) is 4.90 Å². The fourth-order valence-corrected chi connectivity index (χ4v) is 2.56. The summed E-state index contributed by atoms with van der Waals surface area (Å²) in [6.07, 6.45) is 0.835. The molecule has 2 aromatic carbocycles. The van der Waals surface area contributed by atoms with Crippen molar-refractivity contribution in [2.24, 2.45) is 0 Å². The van der Waals surface area contributed by atoms with Gasteiger partial charge in [-0.2, -0.15) is 0 Å². The van der Waals surface area contributed by atoms with Gasteiger partial charge in [-0.1, -0.05) is 54.9 Å². The Labute approximate surface area is 135 Å². The lowest BCUT2D eigenvalue weighted by atomic mass is 10.1. The standard InChI is InChI=1S/C18H19ClFNO/c1-2-11-21(13-14-7-4-3-5-8-14)18(22)12-15-16(19)9-6-10-17(15)20/h3-10H,2,11-13H2,1H3. The third-order valence-electron chi connectivity index (χ3n) is 3.45. The van der Waals surface area contributed by atoms with Crippen LogP contribution in [-0.2, 0) is 17.8 Å². The van der Waals surface area contributed by atoms with E-state index in [0.717, 1.165) is 12.0 Å². The molecule has 1 amide bonds. The highest BCUT2D eigenvalue weighted by atomic mass is 35.5. The number of carbonyl (C=O) groups is 1. The Kier molecular flexibility index (Phi) is 5.96. The molecule has 116 valence electrons. The van der Waals surface area contributed by atoms with Gasteiger partial charge in [0.2, 0.25) is 5.91 Å². The molecule has 0 fully saturated rings. The normalized spacial score (nSPS) is 10.5. The summed E-state index contributed by atoms with van der Waals surface area (Å²) in [5.74, 6) is -0.547. The van der Waals surface area contributed by atoms with Crippen LogP contribution in [0.3, 0.4) is 0 Å². The number of nitrogens with zero attached hydrogens (tertiary/aromatic N) is 1. The average Bonchev–Trinajstić information content (AvgIpc) is 2.51. The molecule has 0 heterocycles. The minimum Gasteiger partial charge on any atom is -0.338 e. The van der Waals surface area contributed by atoms with Gasteiger partial charge in [0.15, 0.2) is 0 Å². The van der Waals surface area contributed by atoms with E-state index < -0.39 is 5.82 Å². The molecule has 0 saturated carbocycles. The van der Waals surface area contributed by atoms with Gasteiger partial charge in [0, 0.05) is 23.7 Å². The molecule has 0 unspecified atom stereocenters. The Bertz CT molecular complexity index is 610. The topological polar surface area (TPSA) is 20.3 Å². The second-order valence-corrected chi connectivity index (χ2v) is 5.59. The molecule has 2 aromatic rings. The van der Waals surface area contributed by atoms with E-state index in [9.17, 15) is 9.18 Å². The van der Waals surface area contributed by atoms with Crippen molar-refractivity contribution >= 4 is 17.5 Å². The summed E-state index contributed by atoms with van der Waals surface area (Å²) in [4.78, 5) is 14.3. The van der Waals surface area contributed by atoms with Crippen molar-refractivity contribution in [2.75, 3.05) is 6.54 Å². The zero-order chi connectivity index (χ0) is 15.9. The lowest BCUT2D eigenvalue weighted by molar-refractivity contribution is -0.131. The maximum Gasteiger partial charge on any atom is 0.227 e. The first-order valence-electron chi connectivity index (χ1n) is 7.36. The van der Waals surface area contributed by atoms with Crippen LogP contribution >= 0.6 is 11.6 Å². The van der Waals surface area contributed by atoms with Crippen LogP contribution < -0.4 is 0 Å². The molecule has 22 heavy (non-hydrogen) atoms. The summed E-state index contributed by atoms with van der Waals surface area (Å²) < 4.78 is 13.8. The Balaban J connectivity index is 2.13. The molecule has 0 saturated heterocycles. The van der Waals surface area contributed by atoms with Crippen LogP contribution in [0.25, 0.3) is 0 Å². The average molecular weight is 320 g/mol. The molecule has 4 heteroatoms. The number of carbonyl (C=O) groups excluding carboxylic acids is 1. The summed E-state index contributed by atoms with van der Waals surface area (Å²) >= 11 is 6.00. The van der Waals surface area contributed by atoms with E-state index in [-0.39, 0.29) is 17.9 Å². The van der Waals surface area contributed by atoms with Gasteiger partial charge in [-0.05, 0) is 24.1 Å². The van der Waals surface area contributed by atoms with Crippen LogP contribution in [0.2, 0.25) is 5.02 Å². The van der Waals surface area contributed by atoms with Crippen molar-refractivity contribution in [3.05, 3.63) is 70.5 Å². The minimum absolute atomic E-state index is 0.0155. The fourth-order valence-electron chi connectivity index (χ4n) is 2.33. The minimum atomic E-state index is -0.433. The van der Waals surface area contributed by atoms with E-state index in [4.69, 9.17) is 11.6 Å². The summed E-state index contributed by atoms with van der Waals surface area (Å²) in [5, 5.41) is 0.296. The van der Waals surface area contributed by atoms with E-state index in [0.29, 0.717) is 18.1 Å². The third-order valence-corrected chi connectivity index (χ3v) is 3.81. The van der Waals surface area contributed by atoms with E-state index >= 15 is 0 Å². The Morgan fingerprint density at radius 1 is 1.14 bits per heavy atom. The quantitative estimate of drug-likeness (QED) is 0.769. The zero-order valence-electron chi connectivity index (χ0n) is 12.6. The maximum atomic E-state index is 13.8. The van der Waals surface area contributed by atoms with Crippen LogP contribution in [0.1, 0.15) is 24.5 Å². The summed E-state index contributed by atoms with van der Waals surface area (Å²) in [5.41, 5.74) is 1.33.